The number of hydrogen-bond acceptors (Lipinski definition) is 1. The van der Waals surface area contributed by atoms with Crippen LogP contribution in [0.1, 0.15) is 55.6 Å². The lowest BCUT2D eigenvalue weighted by molar-refractivity contribution is 0.216. The van der Waals surface area contributed by atoms with Gasteiger partial charge in [-0.1, -0.05) is 30.7 Å². The number of hydrogen-bond donors (Lipinski definition) is 1. The zero-order chi connectivity index (χ0) is 12.4. The average Bonchev–Trinajstić information content (AvgIpc) is 2.36. The Hall–Kier alpha value is -0.820. The first-order valence-electron chi connectivity index (χ1n) is 7.63. The number of aryl methyl sites for hydroxylation is 1. The van der Waals surface area contributed by atoms with E-state index in [0.717, 1.165) is 17.9 Å². The average molecular weight is 243 g/mol. The van der Waals surface area contributed by atoms with Crippen LogP contribution in [0.3, 0.4) is 0 Å². The first kappa shape index (κ1) is 12.2. The van der Waals surface area contributed by atoms with Gasteiger partial charge in [-0.15, -0.1) is 0 Å². The summed E-state index contributed by atoms with van der Waals surface area (Å²) in [7, 11) is 2.15. The third-order valence-electron chi connectivity index (χ3n) is 5.12. The maximum Gasteiger partial charge on any atom is 0.00981 e. The van der Waals surface area contributed by atoms with E-state index in [4.69, 9.17) is 0 Å². The van der Waals surface area contributed by atoms with E-state index in [-0.39, 0.29) is 0 Å². The summed E-state index contributed by atoms with van der Waals surface area (Å²) in [5, 5.41) is 3.58. The third kappa shape index (κ3) is 2.33. The molecule has 2 aliphatic carbocycles. The van der Waals surface area contributed by atoms with Crippen molar-refractivity contribution in [3.05, 3.63) is 35.4 Å². The SMILES string of the molecule is CNC(CC1CCCc2ccccc21)C1CCC1. The number of nitrogens with one attached hydrogen (secondary N) is 1. The van der Waals surface area contributed by atoms with Gasteiger partial charge in [-0.2, -0.15) is 0 Å². The highest BCUT2D eigenvalue weighted by atomic mass is 14.9. The van der Waals surface area contributed by atoms with Crippen molar-refractivity contribution in [2.45, 2.75) is 56.9 Å². The third-order valence-corrected chi connectivity index (χ3v) is 5.12. The minimum absolute atomic E-state index is 0.745. The van der Waals surface area contributed by atoms with Gasteiger partial charge in [-0.05, 0) is 68.5 Å². The topological polar surface area (TPSA) is 12.0 Å². The van der Waals surface area contributed by atoms with Gasteiger partial charge in [0.05, 0.1) is 0 Å². The zero-order valence-corrected chi connectivity index (χ0v) is 11.5. The van der Waals surface area contributed by atoms with E-state index in [0.29, 0.717) is 0 Å². The van der Waals surface area contributed by atoms with Gasteiger partial charge in [0.25, 0.3) is 0 Å². The molecule has 0 bridgehead atoms. The van der Waals surface area contributed by atoms with Crippen LogP contribution >= 0.6 is 0 Å². The first-order chi connectivity index (χ1) is 8.88. The molecule has 0 saturated heterocycles. The van der Waals surface area contributed by atoms with Crippen LogP contribution in [0.4, 0.5) is 0 Å². The summed E-state index contributed by atoms with van der Waals surface area (Å²) < 4.78 is 0. The van der Waals surface area contributed by atoms with E-state index in [2.05, 4.69) is 36.6 Å². The molecule has 1 fully saturated rings. The van der Waals surface area contributed by atoms with Crippen molar-refractivity contribution in [2.75, 3.05) is 7.05 Å². The Kier molecular flexibility index (Phi) is 3.69. The Morgan fingerprint density at radius 2 is 2.00 bits per heavy atom. The maximum absolute atomic E-state index is 3.58. The summed E-state index contributed by atoms with van der Waals surface area (Å²) >= 11 is 0. The van der Waals surface area contributed by atoms with Gasteiger partial charge in [-0.25, -0.2) is 0 Å². The fourth-order valence-corrected chi connectivity index (χ4v) is 3.79. The quantitative estimate of drug-likeness (QED) is 0.846. The molecule has 2 unspecified atom stereocenters. The second-order valence-electron chi connectivity index (χ2n) is 6.11. The molecule has 0 heterocycles. The zero-order valence-electron chi connectivity index (χ0n) is 11.5. The molecule has 18 heavy (non-hydrogen) atoms. The number of benzene rings is 1. The van der Waals surface area contributed by atoms with Gasteiger partial charge in [0.2, 0.25) is 0 Å². The van der Waals surface area contributed by atoms with Crippen molar-refractivity contribution in [1.29, 1.82) is 0 Å². The molecular formula is C17H25N. The molecular weight excluding hydrogens is 218 g/mol. The second kappa shape index (κ2) is 5.44. The van der Waals surface area contributed by atoms with E-state index in [9.17, 15) is 0 Å². The first-order valence-corrected chi connectivity index (χ1v) is 7.63. The maximum atomic E-state index is 3.58. The molecule has 1 aromatic carbocycles. The molecule has 98 valence electrons. The van der Waals surface area contributed by atoms with Crippen LogP contribution in [-0.2, 0) is 6.42 Å². The molecule has 0 amide bonds. The molecule has 3 rings (SSSR count). The van der Waals surface area contributed by atoms with Crippen LogP contribution in [-0.4, -0.2) is 13.1 Å². The van der Waals surface area contributed by atoms with Gasteiger partial charge >= 0.3 is 0 Å². The van der Waals surface area contributed by atoms with Crippen molar-refractivity contribution in [3.8, 4) is 0 Å². The summed E-state index contributed by atoms with van der Waals surface area (Å²) in [6.45, 7) is 0. The minimum atomic E-state index is 0.745. The van der Waals surface area contributed by atoms with Gasteiger partial charge < -0.3 is 5.32 Å². The molecule has 1 heteroatoms. The minimum Gasteiger partial charge on any atom is -0.317 e. The normalized spacial score (nSPS) is 25.3. The lowest BCUT2D eigenvalue weighted by atomic mass is 9.73. The van der Waals surface area contributed by atoms with Crippen LogP contribution in [0, 0.1) is 5.92 Å². The summed E-state index contributed by atoms with van der Waals surface area (Å²) in [6, 6.07) is 9.86. The molecule has 1 saturated carbocycles. The molecule has 1 aromatic rings. The van der Waals surface area contributed by atoms with E-state index in [1.807, 2.05) is 0 Å². The fraction of sp³-hybridized carbons (Fsp3) is 0.647. The monoisotopic (exact) mass is 243 g/mol. The van der Waals surface area contributed by atoms with E-state index in [1.54, 1.807) is 11.1 Å². The standard InChI is InChI=1S/C17H25N/c1-18-17(14-8-5-9-14)12-15-10-4-7-13-6-2-3-11-16(13)15/h2-3,6,11,14-15,17-18H,4-5,7-10,12H2,1H3. The highest BCUT2D eigenvalue weighted by Gasteiger charge is 2.30. The van der Waals surface area contributed by atoms with Crippen LogP contribution in [0.2, 0.25) is 0 Å². The predicted molar refractivity (Wildman–Crippen MR) is 76.9 cm³/mol. The van der Waals surface area contributed by atoms with Gasteiger partial charge in [0, 0.05) is 6.04 Å². The lowest BCUT2D eigenvalue weighted by Crippen LogP contribution is -2.38. The van der Waals surface area contributed by atoms with Crippen molar-refractivity contribution >= 4 is 0 Å². The highest BCUT2D eigenvalue weighted by molar-refractivity contribution is 5.32. The summed E-state index contributed by atoms with van der Waals surface area (Å²) in [4.78, 5) is 0. The molecule has 2 atom stereocenters. The van der Waals surface area contributed by atoms with E-state index >= 15 is 0 Å². The van der Waals surface area contributed by atoms with Crippen molar-refractivity contribution in [3.63, 3.8) is 0 Å². The smallest absolute Gasteiger partial charge is 0.00981 e. The van der Waals surface area contributed by atoms with Crippen molar-refractivity contribution in [2.24, 2.45) is 5.92 Å². The molecule has 0 aromatic heterocycles. The largest absolute Gasteiger partial charge is 0.317 e. The van der Waals surface area contributed by atoms with E-state index < -0.39 is 0 Å². The van der Waals surface area contributed by atoms with Gasteiger partial charge in [0.15, 0.2) is 0 Å². The Labute approximate surface area is 111 Å². The van der Waals surface area contributed by atoms with Gasteiger partial charge in [0.1, 0.15) is 0 Å². The Morgan fingerprint density at radius 3 is 2.72 bits per heavy atom. The predicted octanol–water partition coefficient (Wildman–Crippen LogP) is 3.88. The molecule has 1 N–H and O–H groups in total. The fourth-order valence-electron chi connectivity index (χ4n) is 3.79. The number of fused-ring (bicyclic) bond motifs is 1. The van der Waals surface area contributed by atoms with E-state index in [1.165, 1.54) is 44.9 Å². The molecule has 2 aliphatic rings. The molecule has 0 aliphatic heterocycles. The van der Waals surface area contributed by atoms with Crippen LogP contribution in [0.5, 0.6) is 0 Å². The van der Waals surface area contributed by atoms with Crippen molar-refractivity contribution < 1.29 is 0 Å². The highest BCUT2D eigenvalue weighted by Crippen LogP contribution is 2.39. The Morgan fingerprint density at radius 1 is 1.17 bits per heavy atom. The summed E-state index contributed by atoms with van der Waals surface area (Å²) in [6.07, 6.45) is 9.74. The molecule has 0 radical (unpaired) electrons. The molecule has 1 nitrogen and oxygen atoms in total. The van der Waals surface area contributed by atoms with Crippen LogP contribution < -0.4 is 5.32 Å². The van der Waals surface area contributed by atoms with Crippen LogP contribution in [0.15, 0.2) is 24.3 Å². The number of rotatable bonds is 4. The Bertz CT molecular complexity index is 394. The van der Waals surface area contributed by atoms with Crippen LogP contribution in [0.25, 0.3) is 0 Å². The van der Waals surface area contributed by atoms with Gasteiger partial charge in [-0.3, -0.25) is 0 Å². The molecule has 0 spiro atoms. The lowest BCUT2D eigenvalue weighted by Gasteiger charge is -2.37. The Balaban J connectivity index is 1.72. The summed E-state index contributed by atoms with van der Waals surface area (Å²) in [5.74, 6) is 1.75. The second-order valence-corrected chi connectivity index (χ2v) is 6.11. The summed E-state index contributed by atoms with van der Waals surface area (Å²) in [5.41, 5.74) is 3.25. The van der Waals surface area contributed by atoms with Crippen molar-refractivity contribution in [1.82, 2.24) is 5.32 Å².